The Labute approximate surface area is 133 Å². The molecule has 1 aromatic carbocycles. The van der Waals surface area contributed by atoms with Crippen molar-refractivity contribution in [2.24, 2.45) is 4.99 Å². The first-order valence-corrected chi connectivity index (χ1v) is 6.20. The third-order valence-corrected chi connectivity index (χ3v) is 2.28. The average Bonchev–Trinajstić information content (AvgIpc) is 2.48. The SMILES string of the molecule is C(=NCCc1ccccc1)c1ccccn1.[CH2-]Cl.[Pd]. The van der Waals surface area contributed by atoms with Gasteiger partial charge in [0.05, 0.1) is 5.69 Å². The van der Waals surface area contributed by atoms with E-state index >= 15 is 0 Å². The van der Waals surface area contributed by atoms with Crippen LogP contribution in [0.3, 0.4) is 0 Å². The van der Waals surface area contributed by atoms with E-state index in [1.54, 1.807) is 6.20 Å². The van der Waals surface area contributed by atoms with Gasteiger partial charge in [-0.25, -0.2) is 0 Å². The molecule has 0 aliphatic heterocycles. The Hall–Kier alpha value is -1.01. The molecule has 104 valence electrons. The van der Waals surface area contributed by atoms with E-state index in [1.165, 1.54) is 5.56 Å². The van der Waals surface area contributed by atoms with Crippen LogP contribution in [0.4, 0.5) is 0 Å². The van der Waals surface area contributed by atoms with E-state index in [-0.39, 0.29) is 20.4 Å². The fraction of sp³-hybridized carbons (Fsp3) is 0.133. The molecule has 0 unspecified atom stereocenters. The fourth-order valence-corrected chi connectivity index (χ4v) is 1.45. The molecule has 0 aliphatic rings. The second-order valence-electron chi connectivity index (χ2n) is 3.53. The number of hydrogen-bond acceptors (Lipinski definition) is 2. The van der Waals surface area contributed by atoms with Crippen molar-refractivity contribution < 1.29 is 20.4 Å². The number of aliphatic imine (C=N–C) groups is 1. The molecular weight excluding hydrogens is 350 g/mol. The largest absolute Gasteiger partial charge is 0.352 e. The zero-order chi connectivity index (χ0) is 13.1. The molecule has 2 rings (SSSR count). The van der Waals surface area contributed by atoms with Gasteiger partial charge in [-0.3, -0.25) is 16.4 Å². The summed E-state index contributed by atoms with van der Waals surface area (Å²) in [5.41, 5.74) is 2.23. The number of rotatable bonds is 4. The molecule has 0 radical (unpaired) electrons. The van der Waals surface area contributed by atoms with E-state index in [0.29, 0.717) is 0 Å². The maximum atomic E-state index is 4.39. The van der Waals surface area contributed by atoms with Crippen molar-refractivity contribution >= 4 is 17.8 Å². The maximum Gasteiger partial charge on any atom is 0.0807 e. The summed E-state index contributed by atoms with van der Waals surface area (Å²) >= 11 is 4.39. The van der Waals surface area contributed by atoms with Crippen LogP contribution < -0.4 is 0 Å². The van der Waals surface area contributed by atoms with Crippen molar-refractivity contribution in [1.82, 2.24) is 4.98 Å². The van der Waals surface area contributed by atoms with Crippen molar-refractivity contribution in [3.8, 4) is 0 Å². The molecule has 0 saturated heterocycles. The van der Waals surface area contributed by atoms with Crippen LogP contribution in [0, 0.1) is 6.38 Å². The normalized spacial score (nSPS) is 9.37. The first-order chi connectivity index (χ1) is 8.95. The van der Waals surface area contributed by atoms with Crippen LogP contribution in [0.15, 0.2) is 59.7 Å². The molecular formula is C15H16ClN2Pd-. The fourth-order valence-electron chi connectivity index (χ4n) is 1.45. The Balaban J connectivity index is 0.00000103. The van der Waals surface area contributed by atoms with Gasteiger partial charge in [0.1, 0.15) is 0 Å². The quantitative estimate of drug-likeness (QED) is 0.460. The zero-order valence-corrected chi connectivity index (χ0v) is 12.8. The van der Waals surface area contributed by atoms with E-state index in [9.17, 15) is 0 Å². The van der Waals surface area contributed by atoms with Gasteiger partial charge >= 0.3 is 0 Å². The second-order valence-corrected chi connectivity index (χ2v) is 3.53. The minimum atomic E-state index is 0. The average molecular weight is 366 g/mol. The molecule has 0 saturated carbocycles. The van der Waals surface area contributed by atoms with Gasteiger partial charge < -0.3 is 11.6 Å². The van der Waals surface area contributed by atoms with Gasteiger partial charge in [-0.15, -0.1) is 0 Å². The van der Waals surface area contributed by atoms with Crippen molar-refractivity contribution in [1.29, 1.82) is 0 Å². The summed E-state index contributed by atoms with van der Waals surface area (Å²) in [5, 5.41) is 0. The van der Waals surface area contributed by atoms with Gasteiger partial charge in [0.15, 0.2) is 0 Å². The molecule has 2 nitrogen and oxygen atoms in total. The third-order valence-electron chi connectivity index (χ3n) is 2.28. The first-order valence-electron chi connectivity index (χ1n) is 5.67. The van der Waals surface area contributed by atoms with Crippen molar-refractivity contribution in [3.05, 3.63) is 72.4 Å². The van der Waals surface area contributed by atoms with E-state index in [0.717, 1.165) is 18.7 Å². The Morgan fingerprint density at radius 2 is 1.74 bits per heavy atom. The van der Waals surface area contributed by atoms with E-state index in [2.05, 4.69) is 52.2 Å². The van der Waals surface area contributed by atoms with Gasteiger partial charge in [0.25, 0.3) is 0 Å². The van der Waals surface area contributed by atoms with Crippen LogP contribution >= 0.6 is 11.6 Å². The molecule has 0 aliphatic carbocycles. The standard InChI is InChI=1S/C14H14N2.CH2Cl.Pd/c1-2-6-13(7-3-1)9-11-15-12-14-8-4-5-10-16-14;1-2;/h1-8,10,12H,9,11H2;1H2;/q;-1;. The van der Waals surface area contributed by atoms with Gasteiger partial charge in [-0.05, 0) is 24.1 Å². The maximum absolute atomic E-state index is 4.39. The monoisotopic (exact) mass is 365 g/mol. The van der Waals surface area contributed by atoms with E-state index in [4.69, 9.17) is 0 Å². The van der Waals surface area contributed by atoms with Gasteiger partial charge in [-0.1, -0.05) is 36.4 Å². The number of hydrogen-bond donors (Lipinski definition) is 0. The Bertz CT molecular complexity index is 446. The molecule has 0 amide bonds. The molecule has 2 aromatic rings. The van der Waals surface area contributed by atoms with Crippen LogP contribution in [0.1, 0.15) is 11.3 Å². The number of pyridine rings is 1. The van der Waals surface area contributed by atoms with Crippen LogP contribution in [-0.4, -0.2) is 17.7 Å². The molecule has 0 fully saturated rings. The molecule has 4 heteroatoms. The summed E-state index contributed by atoms with van der Waals surface area (Å²) < 4.78 is 0. The molecule has 0 bridgehead atoms. The zero-order valence-electron chi connectivity index (χ0n) is 10.5. The molecule has 0 spiro atoms. The Kier molecular flexibility index (Phi) is 11.4. The molecule has 0 N–H and O–H groups in total. The topological polar surface area (TPSA) is 25.2 Å². The van der Waals surface area contributed by atoms with Crippen molar-refractivity contribution in [2.45, 2.75) is 6.42 Å². The molecule has 0 atom stereocenters. The Morgan fingerprint density at radius 1 is 1.05 bits per heavy atom. The van der Waals surface area contributed by atoms with Crippen LogP contribution in [0.2, 0.25) is 0 Å². The van der Waals surface area contributed by atoms with Crippen LogP contribution in [0.25, 0.3) is 0 Å². The molecule has 1 heterocycles. The van der Waals surface area contributed by atoms with Crippen LogP contribution in [-0.2, 0) is 26.8 Å². The first kappa shape index (κ1) is 18.0. The summed E-state index contributed by atoms with van der Waals surface area (Å²) in [6.07, 6.45) is 7.30. The number of nitrogens with zero attached hydrogens (tertiary/aromatic N) is 2. The molecule has 1 aromatic heterocycles. The molecule has 19 heavy (non-hydrogen) atoms. The second kappa shape index (κ2) is 12.0. The van der Waals surface area contributed by atoms with E-state index in [1.807, 2.05) is 30.5 Å². The van der Waals surface area contributed by atoms with Gasteiger partial charge in [0, 0.05) is 39.4 Å². The van der Waals surface area contributed by atoms with E-state index < -0.39 is 0 Å². The summed E-state index contributed by atoms with van der Waals surface area (Å²) in [5.74, 6) is 0. The predicted octanol–water partition coefficient (Wildman–Crippen LogP) is 3.76. The Morgan fingerprint density at radius 3 is 2.37 bits per heavy atom. The minimum Gasteiger partial charge on any atom is -0.352 e. The summed E-state index contributed by atoms with van der Waals surface area (Å²) in [6, 6.07) is 16.2. The minimum absolute atomic E-state index is 0. The number of aromatic nitrogens is 1. The van der Waals surface area contributed by atoms with Gasteiger partial charge in [0.2, 0.25) is 0 Å². The smallest absolute Gasteiger partial charge is 0.0807 e. The summed E-state index contributed by atoms with van der Waals surface area (Å²) in [4.78, 5) is 8.52. The predicted molar refractivity (Wildman–Crippen MR) is 78.1 cm³/mol. The summed E-state index contributed by atoms with van der Waals surface area (Å²) in [7, 11) is 0. The summed E-state index contributed by atoms with van der Waals surface area (Å²) in [6.45, 7) is 0.806. The number of benzene rings is 1. The van der Waals surface area contributed by atoms with Crippen LogP contribution in [0.5, 0.6) is 0 Å². The third kappa shape index (κ3) is 7.90. The van der Waals surface area contributed by atoms with Gasteiger partial charge in [-0.2, -0.15) is 0 Å². The van der Waals surface area contributed by atoms with Crippen molar-refractivity contribution in [2.75, 3.05) is 6.54 Å². The number of halogens is 1. The van der Waals surface area contributed by atoms with Crippen molar-refractivity contribution in [3.63, 3.8) is 0 Å².